The van der Waals surface area contributed by atoms with E-state index in [2.05, 4.69) is 16.5 Å². The number of nitriles is 1. The Hall–Kier alpha value is -4.64. The van der Waals surface area contributed by atoms with Crippen molar-refractivity contribution >= 4 is 28.4 Å². The Morgan fingerprint density at radius 3 is 2.75 bits per heavy atom. The van der Waals surface area contributed by atoms with E-state index in [1.165, 1.54) is 18.5 Å². The van der Waals surface area contributed by atoms with Gasteiger partial charge in [0.2, 0.25) is 5.91 Å². The molecule has 8 nitrogen and oxygen atoms in total. The Morgan fingerprint density at radius 1 is 1.25 bits per heavy atom. The van der Waals surface area contributed by atoms with E-state index in [4.69, 9.17) is 5.73 Å². The van der Waals surface area contributed by atoms with Crippen LogP contribution in [0.5, 0.6) is 5.75 Å². The fraction of sp³-hybridized carbons (Fsp3) is 0.0833. The Kier molecular flexibility index (Phi) is 5.55. The summed E-state index contributed by atoms with van der Waals surface area (Å²) in [6, 6.07) is 16.1. The normalized spacial score (nSPS) is 10.6. The van der Waals surface area contributed by atoms with Crippen molar-refractivity contribution in [3.8, 4) is 22.9 Å². The van der Waals surface area contributed by atoms with Crippen LogP contribution in [0, 0.1) is 11.3 Å². The van der Waals surface area contributed by atoms with E-state index in [0.717, 1.165) is 11.3 Å². The lowest BCUT2D eigenvalue weighted by Crippen LogP contribution is -2.32. The van der Waals surface area contributed by atoms with Crippen LogP contribution in [0.25, 0.3) is 22.2 Å². The number of hydrogen-bond donors (Lipinski definition) is 2. The zero-order chi connectivity index (χ0) is 22.7. The molecule has 0 saturated heterocycles. The van der Waals surface area contributed by atoms with Gasteiger partial charge in [-0.15, -0.1) is 0 Å². The van der Waals surface area contributed by atoms with Crippen molar-refractivity contribution in [2.24, 2.45) is 0 Å². The summed E-state index contributed by atoms with van der Waals surface area (Å²) in [5, 5.41) is 19.8. The fourth-order valence-electron chi connectivity index (χ4n) is 3.62. The van der Waals surface area contributed by atoms with Crippen molar-refractivity contribution in [3.63, 3.8) is 0 Å². The van der Waals surface area contributed by atoms with E-state index in [0.29, 0.717) is 35.5 Å². The van der Waals surface area contributed by atoms with Crippen molar-refractivity contribution in [3.05, 3.63) is 79.3 Å². The minimum Gasteiger partial charge on any atom is -0.507 e. The lowest BCUT2D eigenvalue weighted by atomic mass is 10.0. The number of carbonyl (C=O) groups excluding carboxylic acids is 1. The molecule has 3 N–H and O–H groups in total. The zero-order valence-corrected chi connectivity index (χ0v) is 17.1. The second-order valence-electron chi connectivity index (χ2n) is 7.07. The van der Waals surface area contributed by atoms with Crippen LogP contribution in [0.1, 0.15) is 5.56 Å². The number of para-hydroxylation sites is 1. The van der Waals surface area contributed by atoms with Crippen LogP contribution in [0.2, 0.25) is 0 Å². The summed E-state index contributed by atoms with van der Waals surface area (Å²) in [6.07, 6.45) is 4.54. The van der Waals surface area contributed by atoms with Gasteiger partial charge in [0.15, 0.2) is 0 Å². The zero-order valence-electron chi connectivity index (χ0n) is 17.1. The van der Waals surface area contributed by atoms with Gasteiger partial charge in [-0.05, 0) is 35.9 Å². The van der Waals surface area contributed by atoms with Crippen molar-refractivity contribution in [2.45, 2.75) is 6.54 Å². The molecule has 4 aromatic rings. The second-order valence-corrected chi connectivity index (χ2v) is 7.07. The Bertz CT molecular complexity index is 1350. The smallest absolute Gasteiger partial charge is 0.250 e. The van der Waals surface area contributed by atoms with Crippen LogP contribution in [0.3, 0.4) is 0 Å². The lowest BCUT2D eigenvalue weighted by Gasteiger charge is -2.21. The van der Waals surface area contributed by atoms with Crippen molar-refractivity contribution in [1.82, 2.24) is 14.5 Å². The number of nitrogen functional groups attached to an aromatic ring is 1. The summed E-state index contributed by atoms with van der Waals surface area (Å²) in [5.74, 6) is 0.00212. The second kappa shape index (κ2) is 8.62. The van der Waals surface area contributed by atoms with Crippen LogP contribution >= 0.6 is 0 Å². The average Bonchev–Trinajstić information content (AvgIpc) is 3.20. The number of phenols is 1. The van der Waals surface area contributed by atoms with Crippen LogP contribution in [0.4, 0.5) is 11.5 Å². The predicted molar refractivity (Wildman–Crippen MR) is 123 cm³/mol. The molecule has 4 rings (SSSR count). The third kappa shape index (κ3) is 3.75. The van der Waals surface area contributed by atoms with Gasteiger partial charge in [0.25, 0.3) is 0 Å². The number of benzene rings is 2. The number of nitrogens with two attached hydrogens (primary N) is 1. The molecule has 2 aromatic heterocycles. The molecule has 0 aliphatic heterocycles. The van der Waals surface area contributed by atoms with Gasteiger partial charge in [0.1, 0.15) is 29.6 Å². The molecule has 0 aliphatic rings. The molecule has 2 aromatic carbocycles. The van der Waals surface area contributed by atoms with Gasteiger partial charge in [-0.25, -0.2) is 9.97 Å². The minimum atomic E-state index is -0.209. The first kappa shape index (κ1) is 20.6. The molecule has 0 fully saturated rings. The highest BCUT2D eigenvalue weighted by atomic mass is 16.3. The number of nitrogens with zero attached hydrogens (tertiary/aromatic N) is 5. The molecule has 0 aliphatic carbocycles. The highest BCUT2D eigenvalue weighted by molar-refractivity contribution is 6.02. The molecule has 0 spiro atoms. The van der Waals surface area contributed by atoms with Crippen LogP contribution < -0.4 is 10.6 Å². The van der Waals surface area contributed by atoms with E-state index in [-0.39, 0.29) is 17.2 Å². The van der Waals surface area contributed by atoms with Crippen LogP contribution in [-0.2, 0) is 11.3 Å². The largest absolute Gasteiger partial charge is 0.507 e. The Morgan fingerprint density at radius 2 is 2.03 bits per heavy atom. The monoisotopic (exact) mass is 424 g/mol. The third-order valence-corrected chi connectivity index (χ3v) is 5.18. The number of hydrogen-bond acceptors (Lipinski definition) is 6. The number of phenolic OH excluding ortho intramolecular Hbond substituents is 1. The molecule has 0 unspecified atom stereocenters. The maximum Gasteiger partial charge on any atom is 0.250 e. The number of aromatic hydroxyl groups is 1. The van der Waals surface area contributed by atoms with Gasteiger partial charge in [-0.2, -0.15) is 5.26 Å². The molecule has 158 valence electrons. The molecule has 2 heterocycles. The molecule has 32 heavy (non-hydrogen) atoms. The summed E-state index contributed by atoms with van der Waals surface area (Å²) >= 11 is 0. The topological polar surface area (TPSA) is 121 Å². The SMILES string of the molecule is C=CC(=O)N(CCn1cc(-c2ccc(O)c(C#N)c2)c2c(N)ncnc21)c1ccccc1. The summed E-state index contributed by atoms with van der Waals surface area (Å²) < 4.78 is 1.90. The first-order chi connectivity index (χ1) is 15.5. The van der Waals surface area contributed by atoms with Gasteiger partial charge in [-0.1, -0.05) is 30.8 Å². The summed E-state index contributed by atoms with van der Waals surface area (Å²) in [7, 11) is 0. The highest BCUT2D eigenvalue weighted by Crippen LogP contribution is 2.34. The Labute approximate surface area is 184 Å². The first-order valence-corrected chi connectivity index (χ1v) is 9.85. The van der Waals surface area contributed by atoms with E-state index in [1.807, 2.05) is 47.2 Å². The van der Waals surface area contributed by atoms with Gasteiger partial charge in [-0.3, -0.25) is 4.79 Å². The van der Waals surface area contributed by atoms with Gasteiger partial charge < -0.3 is 20.3 Å². The number of amides is 1. The van der Waals surface area contributed by atoms with Crippen LogP contribution in [0.15, 0.2) is 73.7 Å². The number of fused-ring (bicyclic) bond motifs is 1. The summed E-state index contributed by atoms with van der Waals surface area (Å²) in [5.41, 5.74) is 9.13. The van der Waals surface area contributed by atoms with E-state index in [1.54, 1.807) is 17.0 Å². The van der Waals surface area contributed by atoms with Crippen LogP contribution in [-0.4, -0.2) is 32.1 Å². The molecule has 0 radical (unpaired) electrons. The van der Waals surface area contributed by atoms with Gasteiger partial charge >= 0.3 is 0 Å². The van der Waals surface area contributed by atoms with Crippen molar-refractivity contribution in [2.75, 3.05) is 17.2 Å². The molecular weight excluding hydrogens is 404 g/mol. The highest BCUT2D eigenvalue weighted by Gasteiger charge is 2.18. The lowest BCUT2D eigenvalue weighted by molar-refractivity contribution is -0.114. The maximum absolute atomic E-state index is 12.5. The Balaban J connectivity index is 1.76. The maximum atomic E-state index is 12.5. The van der Waals surface area contributed by atoms with E-state index >= 15 is 0 Å². The van der Waals surface area contributed by atoms with E-state index < -0.39 is 0 Å². The number of anilines is 2. The standard InChI is InChI=1S/C24H20N6O2/c1-2-21(32)30(18-6-4-3-5-7-18)11-10-29-14-19(22-23(26)27-15-28-24(22)29)16-8-9-20(31)17(12-16)13-25/h2-9,12,14-15,31H,1,10-11H2,(H2,26,27,28). The molecule has 0 atom stereocenters. The van der Waals surface area contributed by atoms with Crippen molar-refractivity contribution < 1.29 is 9.90 Å². The molecule has 0 bridgehead atoms. The van der Waals surface area contributed by atoms with Gasteiger partial charge in [0.05, 0.1) is 10.9 Å². The quantitative estimate of drug-likeness (QED) is 0.457. The van der Waals surface area contributed by atoms with Crippen molar-refractivity contribution in [1.29, 1.82) is 5.26 Å². The minimum absolute atomic E-state index is 0.0920. The molecular formula is C24H20N6O2. The molecule has 0 saturated carbocycles. The molecule has 8 heteroatoms. The van der Waals surface area contributed by atoms with E-state index in [9.17, 15) is 15.2 Å². The number of aromatic nitrogens is 3. The summed E-state index contributed by atoms with van der Waals surface area (Å²) in [4.78, 5) is 22.6. The third-order valence-electron chi connectivity index (χ3n) is 5.18. The predicted octanol–water partition coefficient (Wildman–Crippen LogP) is 3.48. The van der Waals surface area contributed by atoms with Gasteiger partial charge in [0, 0.05) is 30.5 Å². The number of carbonyl (C=O) groups is 1. The fourth-order valence-corrected chi connectivity index (χ4v) is 3.62. The summed E-state index contributed by atoms with van der Waals surface area (Å²) in [6.45, 7) is 4.42. The molecule has 1 amide bonds. The average molecular weight is 424 g/mol. The number of rotatable bonds is 6. The first-order valence-electron chi connectivity index (χ1n) is 9.85.